The van der Waals surface area contributed by atoms with Gasteiger partial charge in [-0.2, -0.15) is 0 Å². The third-order valence-corrected chi connectivity index (χ3v) is 3.79. The molecule has 0 amide bonds. The molecule has 0 saturated carbocycles. The van der Waals surface area contributed by atoms with E-state index < -0.39 is 11.5 Å². The fraction of sp³-hybridized carbons (Fsp3) is 0.667. The van der Waals surface area contributed by atoms with Crippen molar-refractivity contribution in [3.05, 3.63) is 23.4 Å². The molecule has 0 aromatic carbocycles. The molecule has 0 fully saturated rings. The van der Waals surface area contributed by atoms with Crippen LogP contribution in [0.25, 0.3) is 0 Å². The summed E-state index contributed by atoms with van der Waals surface area (Å²) >= 11 is 12.0. The summed E-state index contributed by atoms with van der Waals surface area (Å²) in [6, 6.07) is 0. The van der Waals surface area contributed by atoms with Crippen molar-refractivity contribution in [3.63, 3.8) is 0 Å². The molecule has 0 heterocycles. The van der Waals surface area contributed by atoms with Crippen LogP contribution in [0.2, 0.25) is 0 Å². The van der Waals surface area contributed by atoms with E-state index in [0.717, 1.165) is 3.94 Å². The molecule has 0 aromatic rings. The first kappa shape index (κ1) is 18.3. The Morgan fingerprint density at radius 3 is 1.71 bits per heavy atom. The van der Waals surface area contributed by atoms with E-state index in [1.54, 1.807) is 0 Å². The van der Waals surface area contributed by atoms with Gasteiger partial charge in [0.25, 0.3) is 5.79 Å². The standard InChI is InChI=1S/C12H19Cl2NO6/c1-16-8-7-11(19-4,15(13)14)12(20-5,21-6)10(18-3)9(8)17-2/h7H,1-6H3. The number of ether oxygens (including phenoxy) is 6. The van der Waals surface area contributed by atoms with Crippen LogP contribution in [0.3, 0.4) is 0 Å². The van der Waals surface area contributed by atoms with Crippen LogP contribution in [0.15, 0.2) is 23.4 Å². The smallest absolute Gasteiger partial charge is 0.282 e. The third kappa shape index (κ3) is 2.48. The number of methoxy groups -OCH3 is 6. The van der Waals surface area contributed by atoms with E-state index in [2.05, 4.69) is 0 Å². The van der Waals surface area contributed by atoms with Crippen molar-refractivity contribution < 1.29 is 28.4 Å². The highest BCUT2D eigenvalue weighted by Gasteiger charge is 2.64. The molecule has 0 N–H and O–H groups in total. The van der Waals surface area contributed by atoms with Gasteiger partial charge in [-0.25, -0.2) is 0 Å². The normalized spacial score (nSPS) is 24.9. The molecular formula is C12H19Cl2NO6. The Kier molecular flexibility index (Phi) is 6.15. The molecular weight excluding hydrogens is 325 g/mol. The summed E-state index contributed by atoms with van der Waals surface area (Å²) in [5.74, 6) is -0.894. The monoisotopic (exact) mass is 343 g/mol. The van der Waals surface area contributed by atoms with Crippen molar-refractivity contribution in [1.29, 1.82) is 0 Å². The van der Waals surface area contributed by atoms with Crippen LogP contribution in [0.5, 0.6) is 0 Å². The molecule has 0 saturated heterocycles. The van der Waals surface area contributed by atoms with Crippen molar-refractivity contribution in [1.82, 2.24) is 3.94 Å². The van der Waals surface area contributed by atoms with Crippen LogP contribution in [-0.4, -0.2) is 58.1 Å². The molecule has 7 nitrogen and oxygen atoms in total. The second-order valence-corrected chi connectivity index (χ2v) is 4.79. The zero-order valence-electron chi connectivity index (χ0n) is 12.7. The van der Waals surface area contributed by atoms with Gasteiger partial charge in [-0.15, -0.1) is 0 Å². The van der Waals surface area contributed by atoms with Crippen LogP contribution in [-0.2, 0) is 28.4 Å². The first-order valence-corrected chi connectivity index (χ1v) is 6.49. The quantitative estimate of drug-likeness (QED) is 0.517. The van der Waals surface area contributed by atoms with Gasteiger partial charge in [0.15, 0.2) is 5.76 Å². The number of hydrogen-bond acceptors (Lipinski definition) is 7. The van der Waals surface area contributed by atoms with Crippen LogP contribution in [0.1, 0.15) is 0 Å². The summed E-state index contributed by atoms with van der Waals surface area (Å²) in [5.41, 5.74) is -1.57. The van der Waals surface area contributed by atoms with Crippen LogP contribution in [0.4, 0.5) is 0 Å². The van der Waals surface area contributed by atoms with Gasteiger partial charge in [0.1, 0.15) is 0 Å². The van der Waals surface area contributed by atoms with Gasteiger partial charge < -0.3 is 28.4 Å². The summed E-state index contributed by atoms with van der Waals surface area (Å²) in [6.07, 6.45) is 1.47. The lowest BCUT2D eigenvalue weighted by molar-refractivity contribution is -0.308. The second-order valence-electron chi connectivity index (χ2n) is 3.94. The SMILES string of the molecule is COC1=CC(OC)(N(Cl)Cl)C(OC)(OC)C(OC)=C1OC. The third-order valence-electron chi connectivity index (χ3n) is 3.29. The van der Waals surface area contributed by atoms with Gasteiger partial charge in [-0.3, -0.25) is 0 Å². The zero-order chi connectivity index (χ0) is 16.3. The molecule has 0 bridgehead atoms. The molecule has 1 aliphatic rings. The highest BCUT2D eigenvalue weighted by molar-refractivity contribution is 6.34. The zero-order valence-corrected chi connectivity index (χ0v) is 14.2. The Labute approximate surface area is 134 Å². The Morgan fingerprint density at radius 1 is 0.857 bits per heavy atom. The summed E-state index contributed by atoms with van der Waals surface area (Å²) in [4.78, 5) is 0. The van der Waals surface area contributed by atoms with E-state index in [-0.39, 0.29) is 11.5 Å². The van der Waals surface area contributed by atoms with E-state index in [1.807, 2.05) is 0 Å². The topological polar surface area (TPSA) is 58.6 Å². The minimum absolute atomic E-state index is 0.155. The largest absolute Gasteiger partial charge is 0.493 e. The number of rotatable bonds is 7. The van der Waals surface area contributed by atoms with Gasteiger partial charge in [-0.05, 0) is 23.6 Å². The van der Waals surface area contributed by atoms with Crippen molar-refractivity contribution >= 4 is 23.6 Å². The van der Waals surface area contributed by atoms with Gasteiger partial charge in [0, 0.05) is 27.4 Å². The maximum Gasteiger partial charge on any atom is 0.282 e. The van der Waals surface area contributed by atoms with Gasteiger partial charge in [0.05, 0.1) is 21.3 Å². The molecule has 1 rings (SSSR count). The molecule has 1 aliphatic carbocycles. The first-order valence-electron chi connectivity index (χ1n) is 5.81. The number of nitrogens with zero attached hydrogens (tertiary/aromatic N) is 1. The van der Waals surface area contributed by atoms with E-state index in [9.17, 15) is 0 Å². The van der Waals surface area contributed by atoms with Crippen molar-refractivity contribution in [2.24, 2.45) is 0 Å². The molecule has 9 heteroatoms. The van der Waals surface area contributed by atoms with E-state index in [0.29, 0.717) is 5.76 Å². The molecule has 1 unspecified atom stereocenters. The van der Waals surface area contributed by atoms with Gasteiger partial charge >= 0.3 is 0 Å². The number of hydrogen-bond donors (Lipinski definition) is 0. The van der Waals surface area contributed by atoms with E-state index >= 15 is 0 Å². The molecule has 21 heavy (non-hydrogen) atoms. The maximum absolute atomic E-state index is 5.99. The highest BCUT2D eigenvalue weighted by atomic mass is 35.5. The Bertz CT molecular complexity index is 435. The van der Waals surface area contributed by atoms with Crippen molar-refractivity contribution in [2.75, 3.05) is 42.7 Å². The van der Waals surface area contributed by atoms with Crippen molar-refractivity contribution in [2.45, 2.75) is 11.5 Å². The van der Waals surface area contributed by atoms with E-state index in [4.69, 9.17) is 52.0 Å². The Balaban J connectivity index is 3.74. The van der Waals surface area contributed by atoms with Crippen LogP contribution < -0.4 is 0 Å². The second kappa shape index (κ2) is 7.04. The van der Waals surface area contributed by atoms with E-state index in [1.165, 1.54) is 48.7 Å². The molecule has 0 spiro atoms. The minimum atomic E-state index is -1.62. The van der Waals surface area contributed by atoms with Crippen LogP contribution >= 0.6 is 23.6 Å². The predicted molar refractivity (Wildman–Crippen MR) is 76.2 cm³/mol. The van der Waals surface area contributed by atoms with Crippen molar-refractivity contribution in [3.8, 4) is 0 Å². The van der Waals surface area contributed by atoms with Gasteiger partial charge in [0.2, 0.25) is 17.2 Å². The lowest BCUT2D eigenvalue weighted by Gasteiger charge is -2.48. The van der Waals surface area contributed by atoms with Gasteiger partial charge in [-0.1, -0.05) is 3.94 Å². The summed E-state index contributed by atoms with van der Waals surface area (Å²) in [7, 11) is 8.51. The molecule has 122 valence electrons. The average Bonchev–Trinajstić information content (AvgIpc) is 2.51. The summed E-state index contributed by atoms with van der Waals surface area (Å²) in [6.45, 7) is 0. The Hall–Kier alpha value is -0.700. The number of halogens is 2. The molecule has 0 aliphatic heterocycles. The minimum Gasteiger partial charge on any atom is -0.493 e. The summed E-state index contributed by atoms with van der Waals surface area (Å²) < 4.78 is 33.2. The molecule has 1 atom stereocenters. The summed E-state index contributed by atoms with van der Waals surface area (Å²) in [5, 5.41) is 0. The maximum atomic E-state index is 5.99. The average molecular weight is 344 g/mol. The fourth-order valence-corrected chi connectivity index (χ4v) is 2.78. The van der Waals surface area contributed by atoms with Crippen LogP contribution in [0, 0.1) is 0 Å². The molecule has 0 radical (unpaired) electrons. The molecule has 0 aromatic heterocycles. The lowest BCUT2D eigenvalue weighted by Crippen LogP contribution is -2.64. The first-order chi connectivity index (χ1) is 9.94. The Morgan fingerprint density at radius 2 is 1.43 bits per heavy atom. The lowest BCUT2D eigenvalue weighted by atomic mass is 9.93. The predicted octanol–water partition coefficient (Wildman–Crippen LogP) is 1.98. The highest BCUT2D eigenvalue weighted by Crippen LogP contribution is 2.48. The fourth-order valence-electron chi connectivity index (χ4n) is 2.32.